The van der Waals surface area contributed by atoms with Gasteiger partial charge in [0.2, 0.25) is 0 Å². The van der Waals surface area contributed by atoms with Crippen LogP contribution in [0.15, 0.2) is 18.2 Å². The van der Waals surface area contributed by atoms with Crippen molar-refractivity contribution >= 4 is 0 Å². The molecule has 0 amide bonds. The monoisotopic (exact) mass is 239 g/mol. The highest BCUT2D eigenvalue weighted by Gasteiger charge is 2.51. The molecule has 94 valence electrons. The van der Waals surface area contributed by atoms with E-state index in [0.717, 1.165) is 31.7 Å². The molecule has 2 rings (SSSR count). The van der Waals surface area contributed by atoms with Crippen molar-refractivity contribution in [1.82, 2.24) is 0 Å². The lowest BCUT2D eigenvalue weighted by molar-refractivity contribution is 0.0163. The number of rotatable bonds is 3. The molecule has 1 aliphatic carbocycles. The van der Waals surface area contributed by atoms with Crippen molar-refractivity contribution in [2.75, 3.05) is 0 Å². The molecule has 2 N–H and O–H groups in total. The molecule has 1 aromatic carbocycles. The number of benzene rings is 1. The fourth-order valence-electron chi connectivity index (χ4n) is 3.08. The number of hydrogen-bond donors (Lipinski definition) is 1. The lowest BCUT2D eigenvalue weighted by Crippen LogP contribution is -2.55. The van der Waals surface area contributed by atoms with Crippen LogP contribution in [0.4, 0.5) is 8.78 Å². The highest BCUT2D eigenvalue weighted by molar-refractivity contribution is 5.30. The fraction of sp³-hybridized carbons (Fsp3) is 0.571. The molecular formula is C14H19F2N. The second-order valence-corrected chi connectivity index (χ2v) is 5.37. The van der Waals surface area contributed by atoms with E-state index in [4.69, 9.17) is 5.73 Å². The van der Waals surface area contributed by atoms with Crippen molar-refractivity contribution in [2.24, 2.45) is 11.1 Å². The molecule has 0 saturated heterocycles. The molecule has 1 aromatic rings. The highest BCUT2D eigenvalue weighted by Crippen LogP contribution is 2.56. The van der Waals surface area contributed by atoms with Crippen LogP contribution in [0.5, 0.6) is 0 Å². The molecule has 3 heteroatoms. The van der Waals surface area contributed by atoms with Crippen molar-refractivity contribution in [2.45, 2.75) is 45.1 Å². The fourth-order valence-corrected chi connectivity index (χ4v) is 3.08. The van der Waals surface area contributed by atoms with E-state index in [1.807, 2.05) is 0 Å². The third kappa shape index (κ3) is 2.08. The van der Waals surface area contributed by atoms with Crippen molar-refractivity contribution in [3.63, 3.8) is 0 Å². The predicted molar refractivity (Wildman–Crippen MR) is 64.5 cm³/mol. The molecule has 0 aromatic heterocycles. The first kappa shape index (κ1) is 12.5. The summed E-state index contributed by atoms with van der Waals surface area (Å²) in [5.74, 6) is -1.09. The van der Waals surface area contributed by atoms with Gasteiger partial charge in [-0.1, -0.05) is 26.7 Å². The standard InChI is InChI=1S/C14H19F2N/c1-3-13(4-2)8-14(17,9-13)10-5-11(15)7-12(16)6-10/h5-7H,3-4,8-9,17H2,1-2H3. The molecule has 1 aliphatic rings. The van der Waals surface area contributed by atoms with Gasteiger partial charge in [0.25, 0.3) is 0 Å². The van der Waals surface area contributed by atoms with Crippen LogP contribution in [-0.2, 0) is 5.54 Å². The molecule has 0 aliphatic heterocycles. The van der Waals surface area contributed by atoms with E-state index in [1.54, 1.807) is 0 Å². The van der Waals surface area contributed by atoms with E-state index in [9.17, 15) is 8.78 Å². The molecule has 1 saturated carbocycles. The van der Waals surface area contributed by atoms with Gasteiger partial charge in [-0.2, -0.15) is 0 Å². The first-order chi connectivity index (χ1) is 7.93. The summed E-state index contributed by atoms with van der Waals surface area (Å²) in [7, 11) is 0. The first-order valence-electron chi connectivity index (χ1n) is 6.18. The lowest BCUT2D eigenvalue weighted by atomic mass is 9.53. The molecule has 0 heterocycles. The van der Waals surface area contributed by atoms with Crippen LogP contribution in [0.3, 0.4) is 0 Å². The van der Waals surface area contributed by atoms with Crippen molar-refractivity contribution in [3.8, 4) is 0 Å². The van der Waals surface area contributed by atoms with Gasteiger partial charge in [-0.3, -0.25) is 0 Å². The zero-order valence-corrected chi connectivity index (χ0v) is 10.4. The van der Waals surface area contributed by atoms with E-state index in [1.165, 1.54) is 12.1 Å². The Morgan fingerprint density at radius 3 is 1.94 bits per heavy atom. The Hall–Kier alpha value is -0.960. The third-order valence-electron chi connectivity index (χ3n) is 4.32. The average molecular weight is 239 g/mol. The summed E-state index contributed by atoms with van der Waals surface area (Å²) in [4.78, 5) is 0. The zero-order valence-electron chi connectivity index (χ0n) is 10.4. The Kier molecular flexibility index (Phi) is 2.98. The van der Waals surface area contributed by atoms with Crippen LogP contribution >= 0.6 is 0 Å². The van der Waals surface area contributed by atoms with Gasteiger partial charge in [0.1, 0.15) is 11.6 Å². The van der Waals surface area contributed by atoms with Crippen molar-refractivity contribution in [1.29, 1.82) is 0 Å². The van der Waals surface area contributed by atoms with Gasteiger partial charge in [-0.25, -0.2) is 8.78 Å². The number of nitrogens with two attached hydrogens (primary N) is 1. The summed E-state index contributed by atoms with van der Waals surface area (Å²) in [5.41, 5.74) is 6.56. The minimum absolute atomic E-state index is 0.261. The molecule has 17 heavy (non-hydrogen) atoms. The molecule has 0 radical (unpaired) electrons. The molecule has 1 nitrogen and oxygen atoms in total. The van der Waals surface area contributed by atoms with Crippen molar-refractivity contribution < 1.29 is 8.78 Å². The minimum Gasteiger partial charge on any atom is -0.321 e. The highest BCUT2D eigenvalue weighted by atomic mass is 19.1. The SMILES string of the molecule is CCC1(CC)CC(N)(c2cc(F)cc(F)c2)C1. The molecular weight excluding hydrogens is 220 g/mol. The Bertz CT molecular complexity index is 396. The van der Waals surface area contributed by atoms with Gasteiger partial charge in [0.15, 0.2) is 0 Å². The van der Waals surface area contributed by atoms with Crippen LogP contribution in [-0.4, -0.2) is 0 Å². The first-order valence-corrected chi connectivity index (χ1v) is 6.18. The van der Waals surface area contributed by atoms with Crippen LogP contribution < -0.4 is 5.73 Å². The Morgan fingerprint density at radius 2 is 1.53 bits per heavy atom. The normalized spacial score (nSPS) is 21.0. The summed E-state index contributed by atoms with van der Waals surface area (Å²) in [6, 6.07) is 3.61. The van der Waals surface area contributed by atoms with E-state index in [2.05, 4.69) is 13.8 Å². The molecule has 0 atom stereocenters. The van der Waals surface area contributed by atoms with E-state index in [0.29, 0.717) is 5.56 Å². The molecule has 1 fully saturated rings. The van der Waals surface area contributed by atoms with Crippen LogP contribution in [0.2, 0.25) is 0 Å². The third-order valence-corrected chi connectivity index (χ3v) is 4.32. The smallest absolute Gasteiger partial charge is 0.126 e. The van der Waals surface area contributed by atoms with Gasteiger partial charge in [-0.15, -0.1) is 0 Å². The number of halogens is 2. The second kappa shape index (κ2) is 4.05. The van der Waals surface area contributed by atoms with E-state index < -0.39 is 17.2 Å². The second-order valence-electron chi connectivity index (χ2n) is 5.37. The van der Waals surface area contributed by atoms with Gasteiger partial charge in [0.05, 0.1) is 0 Å². The topological polar surface area (TPSA) is 26.0 Å². The Labute approximate surface area is 101 Å². The maximum atomic E-state index is 13.2. The Balaban J connectivity index is 2.24. The molecule has 0 bridgehead atoms. The number of hydrogen-bond acceptors (Lipinski definition) is 1. The summed E-state index contributed by atoms with van der Waals surface area (Å²) >= 11 is 0. The molecule has 0 spiro atoms. The van der Waals surface area contributed by atoms with Gasteiger partial charge < -0.3 is 5.73 Å². The summed E-state index contributed by atoms with van der Waals surface area (Å²) < 4.78 is 26.4. The van der Waals surface area contributed by atoms with Gasteiger partial charge in [-0.05, 0) is 36.0 Å². The average Bonchev–Trinajstić information content (AvgIpc) is 2.23. The maximum absolute atomic E-state index is 13.2. The van der Waals surface area contributed by atoms with Crippen LogP contribution in [0.25, 0.3) is 0 Å². The van der Waals surface area contributed by atoms with Crippen LogP contribution in [0, 0.1) is 17.0 Å². The maximum Gasteiger partial charge on any atom is 0.126 e. The van der Waals surface area contributed by atoms with Crippen molar-refractivity contribution in [3.05, 3.63) is 35.4 Å². The van der Waals surface area contributed by atoms with E-state index >= 15 is 0 Å². The largest absolute Gasteiger partial charge is 0.321 e. The summed E-state index contributed by atoms with van der Waals surface area (Å²) in [6.45, 7) is 4.30. The molecule has 0 unspecified atom stereocenters. The lowest BCUT2D eigenvalue weighted by Gasteiger charge is -2.54. The minimum atomic E-state index is -0.547. The summed E-state index contributed by atoms with van der Waals surface area (Å²) in [6.07, 6.45) is 3.77. The summed E-state index contributed by atoms with van der Waals surface area (Å²) in [5, 5.41) is 0. The van der Waals surface area contributed by atoms with Gasteiger partial charge >= 0.3 is 0 Å². The zero-order chi connectivity index (χ0) is 12.7. The predicted octanol–water partition coefficient (Wildman–Crippen LogP) is 3.72. The van der Waals surface area contributed by atoms with Gasteiger partial charge in [0, 0.05) is 11.6 Å². The van der Waals surface area contributed by atoms with Crippen LogP contribution in [0.1, 0.15) is 45.1 Å². The Morgan fingerprint density at radius 1 is 1.06 bits per heavy atom. The quantitative estimate of drug-likeness (QED) is 0.854. The van der Waals surface area contributed by atoms with E-state index in [-0.39, 0.29) is 5.41 Å².